The summed E-state index contributed by atoms with van der Waals surface area (Å²) >= 11 is 0. The zero-order valence-corrected chi connectivity index (χ0v) is 19.5. The van der Waals surface area contributed by atoms with Gasteiger partial charge in [-0.2, -0.15) is 0 Å². The molecule has 0 aliphatic carbocycles. The summed E-state index contributed by atoms with van der Waals surface area (Å²) in [5, 5.41) is 0.961. The molecule has 0 fully saturated rings. The molecule has 5 rings (SSSR count). The molecular formula is C27H28N4O3. The maximum atomic E-state index is 13.5. The maximum Gasteiger partial charge on any atom is 0.269 e. The van der Waals surface area contributed by atoms with Gasteiger partial charge in [0, 0.05) is 51.1 Å². The van der Waals surface area contributed by atoms with E-state index in [1.807, 2.05) is 47.4 Å². The number of amides is 3. The van der Waals surface area contributed by atoms with Crippen molar-refractivity contribution in [1.29, 1.82) is 0 Å². The SMILES string of the molecule is CN(C)C(=O)c1cc2cc(C3=CCCN(C(=O)C4Cc5ccccc5CN4C=O)C3)ccc2[nH]1. The van der Waals surface area contributed by atoms with E-state index in [2.05, 4.69) is 17.1 Å². The smallest absolute Gasteiger partial charge is 0.269 e. The van der Waals surface area contributed by atoms with E-state index in [4.69, 9.17) is 0 Å². The number of hydrogen-bond donors (Lipinski definition) is 1. The summed E-state index contributed by atoms with van der Waals surface area (Å²) in [6.45, 7) is 1.61. The molecule has 0 saturated carbocycles. The van der Waals surface area contributed by atoms with Crippen LogP contribution in [0.1, 0.15) is 33.6 Å². The summed E-state index contributed by atoms with van der Waals surface area (Å²) in [7, 11) is 3.46. The standard InChI is InChI=1S/C27H28N4O3/c1-29(2)26(33)24-13-22-12-19(9-10-23(22)28-24)21-8-5-11-30(15-21)27(34)25-14-18-6-3-4-7-20(18)16-31(25)17-32/h3-4,6-10,12-13,17,25,28H,5,11,14-16H2,1-2H3. The second kappa shape index (κ2) is 8.82. The number of carbonyl (C=O) groups is 3. The second-order valence-corrected chi connectivity index (χ2v) is 9.23. The Morgan fingerprint density at radius 1 is 1.06 bits per heavy atom. The molecule has 34 heavy (non-hydrogen) atoms. The number of nitrogens with one attached hydrogen (secondary N) is 1. The van der Waals surface area contributed by atoms with Crippen molar-refractivity contribution in [3.05, 3.63) is 77.0 Å². The molecule has 0 bridgehead atoms. The molecular weight excluding hydrogens is 428 g/mol. The monoisotopic (exact) mass is 456 g/mol. The molecule has 1 unspecified atom stereocenters. The molecule has 174 valence electrons. The summed E-state index contributed by atoms with van der Waals surface area (Å²) in [4.78, 5) is 45.8. The molecule has 7 nitrogen and oxygen atoms in total. The van der Waals surface area contributed by atoms with Crippen LogP contribution in [0, 0.1) is 0 Å². The lowest BCUT2D eigenvalue weighted by Crippen LogP contribution is -2.52. The molecule has 1 aromatic heterocycles. The van der Waals surface area contributed by atoms with Crippen molar-refractivity contribution in [3.8, 4) is 0 Å². The van der Waals surface area contributed by atoms with E-state index in [1.165, 1.54) is 0 Å². The molecule has 0 radical (unpaired) electrons. The number of hydrogen-bond acceptors (Lipinski definition) is 3. The second-order valence-electron chi connectivity index (χ2n) is 9.23. The average molecular weight is 457 g/mol. The molecule has 0 saturated heterocycles. The van der Waals surface area contributed by atoms with Gasteiger partial charge in [-0.3, -0.25) is 14.4 Å². The van der Waals surface area contributed by atoms with Crippen LogP contribution in [0.25, 0.3) is 16.5 Å². The minimum absolute atomic E-state index is 0.00575. The Hall–Kier alpha value is -3.87. The zero-order chi connectivity index (χ0) is 23.8. The minimum atomic E-state index is -0.474. The molecule has 2 aliphatic heterocycles. The molecule has 3 amide bonds. The normalized spacial score (nSPS) is 17.8. The van der Waals surface area contributed by atoms with Gasteiger partial charge in [-0.25, -0.2) is 0 Å². The molecule has 1 N–H and O–H groups in total. The van der Waals surface area contributed by atoms with Crippen LogP contribution in [0.3, 0.4) is 0 Å². The number of fused-ring (bicyclic) bond motifs is 2. The van der Waals surface area contributed by atoms with E-state index in [0.29, 0.717) is 31.7 Å². The van der Waals surface area contributed by atoms with Gasteiger partial charge in [-0.1, -0.05) is 36.4 Å². The fraction of sp³-hybridized carbons (Fsp3) is 0.296. The van der Waals surface area contributed by atoms with Crippen molar-refractivity contribution in [2.24, 2.45) is 0 Å². The predicted molar refractivity (Wildman–Crippen MR) is 131 cm³/mol. The molecule has 7 heteroatoms. The van der Waals surface area contributed by atoms with Gasteiger partial charge in [0.05, 0.1) is 0 Å². The van der Waals surface area contributed by atoms with Crippen LogP contribution in [-0.2, 0) is 22.6 Å². The molecule has 3 aromatic rings. The van der Waals surface area contributed by atoms with Crippen molar-refractivity contribution in [2.45, 2.75) is 25.4 Å². The van der Waals surface area contributed by atoms with Gasteiger partial charge < -0.3 is 19.7 Å². The van der Waals surface area contributed by atoms with Crippen LogP contribution in [0.2, 0.25) is 0 Å². The molecule has 3 heterocycles. The van der Waals surface area contributed by atoms with Crippen LogP contribution < -0.4 is 0 Å². The number of H-pyrrole nitrogens is 1. The Labute approximate surface area is 198 Å². The topological polar surface area (TPSA) is 76.7 Å². The average Bonchev–Trinajstić information content (AvgIpc) is 3.30. The van der Waals surface area contributed by atoms with Crippen molar-refractivity contribution < 1.29 is 14.4 Å². The van der Waals surface area contributed by atoms with Crippen LogP contribution >= 0.6 is 0 Å². The first-order valence-corrected chi connectivity index (χ1v) is 11.5. The summed E-state index contributed by atoms with van der Waals surface area (Å²) in [5.41, 5.74) is 5.81. The Kier molecular flexibility index (Phi) is 5.69. The van der Waals surface area contributed by atoms with Gasteiger partial charge in [0.1, 0.15) is 11.7 Å². The Morgan fingerprint density at radius 3 is 2.62 bits per heavy atom. The number of nitrogens with zero attached hydrogens (tertiary/aromatic N) is 3. The molecule has 2 aliphatic rings. The molecule has 0 spiro atoms. The largest absolute Gasteiger partial charge is 0.351 e. The maximum absolute atomic E-state index is 13.5. The fourth-order valence-corrected chi connectivity index (χ4v) is 4.92. The lowest BCUT2D eigenvalue weighted by Gasteiger charge is -2.37. The van der Waals surface area contributed by atoms with Crippen LogP contribution in [0.4, 0.5) is 0 Å². The first-order valence-electron chi connectivity index (χ1n) is 11.5. The van der Waals surface area contributed by atoms with Crippen molar-refractivity contribution in [2.75, 3.05) is 27.2 Å². The summed E-state index contributed by atoms with van der Waals surface area (Å²) in [5.74, 6) is -0.0750. The quantitative estimate of drug-likeness (QED) is 0.613. The summed E-state index contributed by atoms with van der Waals surface area (Å²) in [6, 6.07) is 15.5. The number of rotatable bonds is 4. The van der Waals surface area contributed by atoms with Gasteiger partial charge in [0.2, 0.25) is 12.3 Å². The van der Waals surface area contributed by atoms with Gasteiger partial charge in [-0.05, 0) is 46.9 Å². The Morgan fingerprint density at radius 2 is 1.85 bits per heavy atom. The van der Waals surface area contributed by atoms with Crippen LogP contribution in [-0.4, -0.2) is 71.1 Å². The first-order chi connectivity index (χ1) is 16.4. The highest BCUT2D eigenvalue weighted by Crippen LogP contribution is 2.28. The van der Waals surface area contributed by atoms with Crippen LogP contribution in [0.5, 0.6) is 0 Å². The predicted octanol–water partition coefficient (Wildman–Crippen LogP) is 3.07. The van der Waals surface area contributed by atoms with E-state index >= 15 is 0 Å². The van der Waals surface area contributed by atoms with Gasteiger partial charge in [0.15, 0.2) is 0 Å². The highest BCUT2D eigenvalue weighted by atomic mass is 16.2. The third-order valence-corrected chi connectivity index (χ3v) is 6.80. The van der Waals surface area contributed by atoms with E-state index in [-0.39, 0.29) is 11.8 Å². The van der Waals surface area contributed by atoms with E-state index in [1.54, 1.807) is 23.9 Å². The third kappa shape index (κ3) is 3.98. The summed E-state index contributed by atoms with van der Waals surface area (Å²) in [6.07, 6.45) is 4.28. The van der Waals surface area contributed by atoms with E-state index < -0.39 is 6.04 Å². The van der Waals surface area contributed by atoms with Gasteiger partial charge >= 0.3 is 0 Å². The number of benzene rings is 2. The van der Waals surface area contributed by atoms with Gasteiger partial charge in [0.25, 0.3) is 5.91 Å². The van der Waals surface area contributed by atoms with E-state index in [9.17, 15) is 14.4 Å². The van der Waals surface area contributed by atoms with Crippen molar-refractivity contribution >= 4 is 34.7 Å². The highest BCUT2D eigenvalue weighted by Gasteiger charge is 2.34. The van der Waals surface area contributed by atoms with Gasteiger partial charge in [-0.15, -0.1) is 0 Å². The zero-order valence-electron chi connectivity index (χ0n) is 19.5. The Balaban J connectivity index is 1.36. The fourth-order valence-electron chi connectivity index (χ4n) is 4.92. The van der Waals surface area contributed by atoms with Crippen molar-refractivity contribution in [3.63, 3.8) is 0 Å². The van der Waals surface area contributed by atoms with Crippen LogP contribution in [0.15, 0.2) is 54.6 Å². The van der Waals surface area contributed by atoms with E-state index in [0.717, 1.165) is 46.0 Å². The summed E-state index contributed by atoms with van der Waals surface area (Å²) < 4.78 is 0. The number of carbonyl (C=O) groups excluding carboxylic acids is 3. The minimum Gasteiger partial charge on any atom is -0.351 e. The first kappa shape index (κ1) is 21.9. The third-order valence-electron chi connectivity index (χ3n) is 6.80. The Bertz CT molecular complexity index is 1310. The number of aromatic amines is 1. The number of aromatic nitrogens is 1. The lowest BCUT2D eigenvalue weighted by atomic mass is 9.93. The molecule has 2 aromatic carbocycles. The molecule has 1 atom stereocenters. The van der Waals surface area contributed by atoms with Crippen molar-refractivity contribution in [1.82, 2.24) is 19.7 Å². The highest BCUT2D eigenvalue weighted by molar-refractivity contribution is 5.98. The lowest BCUT2D eigenvalue weighted by molar-refractivity contribution is -0.141.